The summed E-state index contributed by atoms with van der Waals surface area (Å²) in [6, 6.07) is 9.39. The fourth-order valence-corrected chi connectivity index (χ4v) is 3.55. The van der Waals surface area contributed by atoms with E-state index in [-0.39, 0.29) is 17.5 Å². The van der Waals surface area contributed by atoms with E-state index in [9.17, 15) is 22.8 Å². The van der Waals surface area contributed by atoms with Crippen LogP contribution in [0.3, 0.4) is 0 Å². The molecule has 0 saturated carbocycles. The summed E-state index contributed by atoms with van der Waals surface area (Å²) >= 11 is 0. The van der Waals surface area contributed by atoms with Crippen molar-refractivity contribution in [3.05, 3.63) is 47.8 Å². The van der Waals surface area contributed by atoms with Crippen LogP contribution in [-0.4, -0.2) is 51.9 Å². The lowest BCUT2D eigenvalue weighted by atomic mass is 9.95. The summed E-state index contributed by atoms with van der Waals surface area (Å²) in [5.41, 5.74) is 0.947. The first-order valence-corrected chi connectivity index (χ1v) is 9.80. The van der Waals surface area contributed by atoms with Crippen LogP contribution in [0.2, 0.25) is 0 Å². The molecule has 0 spiro atoms. The Morgan fingerprint density at radius 1 is 1.06 bits per heavy atom. The Hall–Kier alpha value is -3.70. The molecule has 1 aliphatic heterocycles. The van der Waals surface area contributed by atoms with Crippen molar-refractivity contribution in [2.45, 2.75) is 19.0 Å². The van der Waals surface area contributed by atoms with Crippen molar-refractivity contribution in [2.24, 2.45) is 5.92 Å². The van der Waals surface area contributed by atoms with Gasteiger partial charge in [0.2, 0.25) is 5.91 Å². The molecule has 0 bridgehead atoms. The molecule has 1 fully saturated rings. The van der Waals surface area contributed by atoms with Crippen LogP contribution in [0.15, 0.2) is 36.4 Å². The minimum absolute atomic E-state index is 0.00792. The number of hydrogen-bond acceptors (Lipinski definition) is 7. The summed E-state index contributed by atoms with van der Waals surface area (Å²) in [5, 5.41) is 13.6. The van der Waals surface area contributed by atoms with E-state index in [2.05, 4.69) is 25.3 Å². The van der Waals surface area contributed by atoms with E-state index in [1.165, 1.54) is 13.2 Å². The summed E-state index contributed by atoms with van der Waals surface area (Å²) in [6.07, 6.45) is -3.63. The number of esters is 1. The number of rotatable bonds is 4. The summed E-state index contributed by atoms with van der Waals surface area (Å²) in [5.74, 6) is -1.69. The minimum atomic E-state index is -4.66. The lowest BCUT2D eigenvalue weighted by molar-refractivity contribution is -0.146. The number of ether oxygens (including phenoxy) is 1. The molecule has 1 N–H and O–H groups in total. The molecule has 12 heteroatoms. The van der Waals surface area contributed by atoms with Crippen molar-refractivity contribution < 1.29 is 27.5 Å². The number of piperidine rings is 1. The number of aromatic nitrogens is 4. The van der Waals surface area contributed by atoms with Crippen LogP contribution in [0.4, 0.5) is 24.7 Å². The quantitative estimate of drug-likeness (QED) is 0.613. The molecule has 4 rings (SSSR count). The highest BCUT2D eigenvalue weighted by atomic mass is 19.4. The molecule has 2 aromatic heterocycles. The highest BCUT2D eigenvalue weighted by molar-refractivity contribution is 5.94. The predicted molar refractivity (Wildman–Crippen MR) is 107 cm³/mol. The van der Waals surface area contributed by atoms with Gasteiger partial charge in [-0.05, 0) is 49.2 Å². The molecule has 0 radical (unpaired) electrons. The van der Waals surface area contributed by atoms with Crippen LogP contribution in [-0.2, 0) is 15.7 Å². The number of nitrogens with one attached hydrogen (secondary N) is 1. The number of nitrogens with zero attached hydrogens (tertiary/aromatic N) is 5. The fourth-order valence-electron chi connectivity index (χ4n) is 3.55. The smallest absolute Gasteiger partial charge is 0.453 e. The first-order valence-electron chi connectivity index (χ1n) is 9.80. The van der Waals surface area contributed by atoms with Gasteiger partial charge in [0.1, 0.15) is 5.82 Å². The Morgan fingerprint density at radius 2 is 1.75 bits per heavy atom. The lowest BCUT2D eigenvalue weighted by Crippen LogP contribution is -2.38. The zero-order valence-corrected chi connectivity index (χ0v) is 17.0. The van der Waals surface area contributed by atoms with Crippen LogP contribution in [0.25, 0.3) is 5.65 Å². The highest BCUT2D eigenvalue weighted by Crippen LogP contribution is 2.29. The molecule has 0 unspecified atom stereocenters. The van der Waals surface area contributed by atoms with Gasteiger partial charge in [-0.3, -0.25) is 4.79 Å². The van der Waals surface area contributed by atoms with Gasteiger partial charge in [0.15, 0.2) is 5.65 Å². The third-order valence-electron chi connectivity index (χ3n) is 5.27. The molecule has 0 aliphatic carbocycles. The number of halogens is 3. The molecule has 0 atom stereocenters. The minimum Gasteiger partial charge on any atom is -0.465 e. The number of benzene rings is 1. The second-order valence-electron chi connectivity index (χ2n) is 7.30. The Morgan fingerprint density at radius 3 is 2.38 bits per heavy atom. The maximum Gasteiger partial charge on any atom is 0.453 e. The van der Waals surface area contributed by atoms with E-state index >= 15 is 0 Å². The Bertz CT molecular complexity index is 1140. The molecule has 3 heterocycles. The predicted octanol–water partition coefficient (Wildman–Crippen LogP) is 2.78. The van der Waals surface area contributed by atoms with E-state index in [4.69, 9.17) is 0 Å². The average Bonchev–Trinajstić information content (AvgIpc) is 3.23. The molecule has 1 aromatic carbocycles. The summed E-state index contributed by atoms with van der Waals surface area (Å²) < 4.78 is 44.6. The molecular weight excluding hydrogens is 429 g/mol. The molecule has 1 amide bonds. The Balaban J connectivity index is 1.38. The lowest BCUT2D eigenvalue weighted by Gasteiger charge is -2.32. The number of fused-ring (bicyclic) bond motifs is 1. The van der Waals surface area contributed by atoms with Crippen molar-refractivity contribution in [2.75, 3.05) is 30.4 Å². The molecule has 9 nitrogen and oxygen atoms in total. The zero-order chi connectivity index (χ0) is 22.9. The zero-order valence-electron chi connectivity index (χ0n) is 17.0. The first kappa shape index (κ1) is 21.5. The van der Waals surface area contributed by atoms with Gasteiger partial charge < -0.3 is 15.0 Å². The molecule has 32 heavy (non-hydrogen) atoms. The van der Waals surface area contributed by atoms with E-state index < -0.39 is 18.0 Å². The third-order valence-corrected chi connectivity index (χ3v) is 5.27. The molecule has 1 aliphatic rings. The van der Waals surface area contributed by atoms with Gasteiger partial charge in [-0.25, -0.2) is 4.79 Å². The normalized spacial score (nSPS) is 15.1. The van der Waals surface area contributed by atoms with Crippen molar-refractivity contribution in [1.82, 2.24) is 19.8 Å². The van der Waals surface area contributed by atoms with Crippen molar-refractivity contribution in [3.63, 3.8) is 0 Å². The van der Waals surface area contributed by atoms with Gasteiger partial charge >= 0.3 is 12.1 Å². The van der Waals surface area contributed by atoms with Crippen LogP contribution < -0.4 is 10.2 Å². The van der Waals surface area contributed by atoms with E-state index in [0.717, 1.165) is 0 Å². The monoisotopic (exact) mass is 448 g/mol. The summed E-state index contributed by atoms with van der Waals surface area (Å²) in [7, 11) is 1.29. The molecule has 168 valence electrons. The topological polar surface area (TPSA) is 102 Å². The van der Waals surface area contributed by atoms with Gasteiger partial charge in [0, 0.05) is 24.7 Å². The van der Waals surface area contributed by atoms with Gasteiger partial charge in [-0.2, -0.15) is 17.7 Å². The fraction of sp³-hybridized carbons (Fsp3) is 0.350. The largest absolute Gasteiger partial charge is 0.465 e. The van der Waals surface area contributed by atoms with E-state index in [1.807, 2.05) is 4.90 Å². The second-order valence-corrected chi connectivity index (χ2v) is 7.30. The van der Waals surface area contributed by atoms with Crippen LogP contribution >= 0.6 is 0 Å². The van der Waals surface area contributed by atoms with Crippen LogP contribution in [0, 0.1) is 5.92 Å². The number of alkyl halides is 3. The number of carbonyl (C=O) groups is 2. The molecule has 3 aromatic rings. The summed E-state index contributed by atoms with van der Waals surface area (Å²) in [4.78, 5) is 25.9. The first-order chi connectivity index (χ1) is 15.3. The third kappa shape index (κ3) is 4.34. The standard InChI is InChI=1S/C20H19F3N6O3/c1-32-18(31)13-2-4-14(5-3-13)24-17(30)12-8-10-28(11-9-12)16-7-6-15-25-26-19(20(21,22)23)29(15)27-16/h2-7,12H,8-11H2,1H3,(H,24,30). The van der Waals surface area contributed by atoms with Crippen molar-refractivity contribution in [3.8, 4) is 0 Å². The van der Waals surface area contributed by atoms with E-state index in [0.29, 0.717) is 47.5 Å². The number of methoxy groups -OCH3 is 1. The van der Waals surface area contributed by atoms with Gasteiger partial charge in [0.05, 0.1) is 12.7 Å². The Labute approximate surface area is 180 Å². The molecule has 1 saturated heterocycles. The maximum absolute atomic E-state index is 13.1. The van der Waals surface area contributed by atoms with Crippen molar-refractivity contribution >= 4 is 29.0 Å². The molecular formula is C20H19F3N6O3. The average molecular weight is 448 g/mol. The number of hydrogen-bond donors (Lipinski definition) is 1. The van der Waals surface area contributed by atoms with Gasteiger partial charge in [-0.1, -0.05) is 0 Å². The van der Waals surface area contributed by atoms with Gasteiger partial charge in [0.25, 0.3) is 5.82 Å². The number of carbonyl (C=O) groups excluding carboxylic acids is 2. The van der Waals surface area contributed by atoms with E-state index in [1.54, 1.807) is 30.3 Å². The van der Waals surface area contributed by atoms with Gasteiger partial charge in [-0.15, -0.1) is 15.3 Å². The number of amides is 1. The highest BCUT2D eigenvalue weighted by Gasteiger charge is 2.38. The van der Waals surface area contributed by atoms with Crippen LogP contribution in [0.5, 0.6) is 0 Å². The SMILES string of the molecule is COC(=O)c1ccc(NC(=O)C2CCN(c3ccc4nnc(C(F)(F)F)n4n3)CC2)cc1. The second kappa shape index (κ2) is 8.44. The summed E-state index contributed by atoms with van der Waals surface area (Å²) in [6.45, 7) is 0.919. The Kier molecular flexibility index (Phi) is 5.68. The van der Waals surface area contributed by atoms with Crippen LogP contribution in [0.1, 0.15) is 29.0 Å². The number of anilines is 2. The maximum atomic E-state index is 13.1. The van der Waals surface area contributed by atoms with Crippen molar-refractivity contribution in [1.29, 1.82) is 0 Å².